The lowest BCUT2D eigenvalue weighted by Gasteiger charge is -2.15. The fraction of sp³-hybridized carbons (Fsp3) is 0.474. The van der Waals surface area contributed by atoms with Gasteiger partial charge in [0.1, 0.15) is 0 Å². The standard InChI is InChI=1S/C19H25F3N4O2S.HI/c1-12-13(2)29-17(26-12)7-8-24-18(23-3)25-10-14-5-6-15(16(9-14)27-4)28-11-19(20,21)22;/h5-6,9H,7-8,10-11H2,1-4H3,(H2,23,24,25);1H. The molecule has 2 rings (SSSR count). The number of ether oxygens (including phenoxy) is 2. The minimum absolute atomic E-state index is 0. The number of benzene rings is 1. The molecule has 0 amide bonds. The summed E-state index contributed by atoms with van der Waals surface area (Å²) in [6, 6.07) is 4.77. The number of guanidine groups is 1. The van der Waals surface area contributed by atoms with Gasteiger partial charge in [-0.15, -0.1) is 35.3 Å². The van der Waals surface area contributed by atoms with Gasteiger partial charge in [0.15, 0.2) is 24.1 Å². The Hall–Kier alpha value is -1.76. The van der Waals surface area contributed by atoms with Crippen LogP contribution in [-0.2, 0) is 13.0 Å². The largest absolute Gasteiger partial charge is 0.493 e. The van der Waals surface area contributed by atoms with Crippen LogP contribution in [0.5, 0.6) is 11.5 Å². The second kappa shape index (κ2) is 12.2. The molecule has 0 atom stereocenters. The summed E-state index contributed by atoms with van der Waals surface area (Å²) in [6.45, 7) is 3.79. The number of aromatic nitrogens is 1. The van der Waals surface area contributed by atoms with Gasteiger partial charge in [-0.3, -0.25) is 4.99 Å². The highest BCUT2D eigenvalue weighted by Gasteiger charge is 2.29. The lowest BCUT2D eigenvalue weighted by Crippen LogP contribution is -2.37. The molecule has 2 aromatic rings. The lowest BCUT2D eigenvalue weighted by atomic mass is 10.2. The zero-order valence-electron chi connectivity index (χ0n) is 17.2. The Labute approximate surface area is 195 Å². The van der Waals surface area contributed by atoms with E-state index in [4.69, 9.17) is 9.47 Å². The van der Waals surface area contributed by atoms with Crippen LogP contribution in [-0.4, -0.2) is 44.4 Å². The summed E-state index contributed by atoms with van der Waals surface area (Å²) in [5, 5.41) is 7.45. The monoisotopic (exact) mass is 558 g/mol. The third kappa shape index (κ3) is 8.54. The molecular weight excluding hydrogens is 532 g/mol. The van der Waals surface area contributed by atoms with Crippen molar-refractivity contribution in [3.8, 4) is 11.5 Å². The van der Waals surface area contributed by atoms with Crippen LogP contribution in [0, 0.1) is 13.8 Å². The Balaban J connectivity index is 0.00000450. The Morgan fingerprint density at radius 2 is 1.93 bits per heavy atom. The van der Waals surface area contributed by atoms with Crippen LogP contribution in [0.1, 0.15) is 21.1 Å². The minimum Gasteiger partial charge on any atom is -0.493 e. The Morgan fingerprint density at radius 3 is 2.50 bits per heavy atom. The molecule has 1 heterocycles. The van der Waals surface area contributed by atoms with Gasteiger partial charge in [0.2, 0.25) is 0 Å². The molecular formula is C19H26F3IN4O2S. The minimum atomic E-state index is -4.40. The number of thiazole rings is 1. The van der Waals surface area contributed by atoms with Crippen LogP contribution in [0.25, 0.3) is 0 Å². The van der Waals surface area contributed by atoms with Crippen molar-refractivity contribution in [3.63, 3.8) is 0 Å². The van der Waals surface area contributed by atoms with Crippen LogP contribution in [0.2, 0.25) is 0 Å². The van der Waals surface area contributed by atoms with Gasteiger partial charge in [-0.25, -0.2) is 4.98 Å². The predicted octanol–water partition coefficient (Wildman–Crippen LogP) is 4.24. The van der Waals surface area contributed by atoms with Crippen LogP contribution >= 0.6 is 35.3 Å². The molecule has 0 saturated carbocycles. The fourth-order valence-electron chi connectivity index (χ4n) is 2.44. The number of nitrogens with one attached hydrogen (secondary N) is 2. The number of hydrogen-bond donors (Lipinski definition) is 2. The number of alkyl halides is 3. The van der Waals surface area contributed by atoms with Gasteiger partial charge in [0, 0.05) is 31.4 Å². The van der Waals surface area contributed by atoms with Crippen molar-refractivity contribution >= 4 is 41.3 Å². The third-order valence-corrected chi connectivity index (χ3v) is 5.14. The first kappa shape index (κ1) is 26.3. The molecule has 0 saturated heterocycles. The highest BCUT2D eigenvalue weighted by molar-refractivity contribution is 14.0. The molecule has 30 heavy (non-hydrogen) atoms. The second-order valence-corrected chi connectivity index (χ2v) is 7.53. The molecule has 0 unspecified atom stereocenters. The normalized spacial score (nSPS) is 11.6. The van der Waals surface area contributed by atoms with Crippen molar-refractivity contribution in [2.75, 3.05) is 27.3 Å². The molecule has 0 aliphatic carbocycles. The molecule has 0 aliphatic heterocycles. The number of halogens is 4. The first-order valence-electron chi connectivity index (χ1n) is 8.95. The zero-order chi connectivity index (χ0) is 21.4. The van der Waals surface area contributed by atoms with Gasteiger partial charge in [-0.1, -0.05) is 6.07 Å². The maximum absolute atomic E-state index is 12.3. The SMILES string of the molecule is CN=C(NCCc1nc(C)c(C)s1)NCc1ccc(OCC(F)(F)F)c(OC)c1.I. The van der Waals surface area contributed by atoms with Gasteiger partial charge in [0.05, 0.1) is 17.8 Å². The van der Waals surface area contributed by atoms with Gasteiger partial charge in [-0.05, 0) is 31.5 Å². The molecule has 0 bridgehead atoms. The van der Waals surface area contributed by atoms with E-state index in [1.807, 2.05) is 6.92 Å². The smallest absolute Gasteiger partial charge is 0.422 e. The summed E-state index contributed by atoms with van der Waals surface area (Å²) in [5.41, 5.74) is 1.87. The number of rotatable bonds is 8. The Morgan fingerprint density at radius 1 is 1.20 bits per heavy atom. The Bertz CT molecular complexity index is 824. The first-order chi connectivity index (χ1) is 13.7. The molecule has 1 aromatic heterocycles. The number of aryl methyl sites for hydroxylation is 2. The summed E-state index contributed by atoms with van der Waals surface area (Å²) in [6.07, 6.45) is -3.61. The summed E-state index contributed by atoms with van der Waals surface area (Å²) in [5.74, 6) is 0.905. The maximum Gasteiger partial charge on any atom is 0.422 e. The van der Waals surface area contributed by atoms with Crippen molar-refractivity contribution in [1.82, 2.24) is 15.6 Å². The van der Waals surface area contributed by atoms with Crippen molar-refractivity contribution < 1.29 is 22.6 Å². The average molecular weight is 558 g/mol. The molecule has 0 spiro atoms. The summed E-state index contributed by atoms with van der Waals surface area (Å²) in [4.78, 5) is 9.90. The van der Waals surface area contributed by atoms with Gasteiger partial charge >= 0.3 is 6.18 Å². The lowest BCUT2D eigenvalue weighted by molar-refractivity contribution is -0.153. The van der Waals surface area contributed by atoms with E-state index in [2.05, 4.69) is 27.5 Å². The van der Waals surface area contributed by atoms with E-state index in [0.717, 1.165) is 22.7 Å². The predicted molar refractivity (Wildman–Crippen MR) is 123 cm³/mol. The van der Waals surface area contributed by atoms with Crippen molar-refractivity contribution in [3.05, 3.63) is 39.3 Å². The van der Waals surface area contributed by atoms with Crippen molar-refractivity contribution in [1.29, 1.82) is 0 Å². The summed E-state index contributed by atoms with van der Waals surface area (Å²) < 4.78 is 46.9. The van der Waals surface area contributed by atoms with E-state index in [1.54, 1.807) is 30.5 Å². The Kier molecular flexibility index (Phi) is 10.7. The molecule has 2 N–H and O–H groups in total. The molecule has 0 fully saturated rings. The average Bonchev–Trinajstić information content (AvgIpc) is 2.99. The fourth-order valence-corrected chi connectivity index (χ4v) is 3.37. The van der Waals surface area contributed by atoms with Gasteiger partial charge in [0.25, 0.3) is 0 Å². The molecule has 0 radical (unpaired) electrons. The molecule has 168 valence electrons. The highest BCUT2D eigenvalue weighted by Crippen LogP contribution is 2.29. The van der Waals surface area contributed by atoms with Crippen LogP contribution in [0.3, 0.4) is 0 Å². The quantitative estimate of drug-likeness (QED) is 0.289. The molecule has 0 aliphatic rings. The van der Waals surface area contributed by atoms with E-state index in [-0.39, 0.29) is 35.5 Å². The molecule has 6 nitrogen and oxygen atoms in total. The summed E-state index contributed by atoms with van der Waals surface area (Å²) in [7, 11) is 3.05. The number of hydrogen-bond acceptors (Lipinski definition) is 5. The molecule has 11 heteroatoms. The van der Waals surface area contributed by atoms with Crippen LogP contribution < -0.4 is 20.1 Å². The van der Waals surface area contributed by atoms with E-state index in [1.165, 1.54) is 18.1 Å². The van der Waals surface area contributed by atoms with Gasteiger partial charge in [-0.2, -0.15) is 13.2 Å². The van der Waals surface area contributed by atoms with Crippen LogP contribution in [0.15, 0.2) is 23.2 Å². The van der Waals surface area contributed by atoms with Crippen molar-refractivity contribution in [2.24, 2.45) is 4.99 Å². The maximum atomic E-state index is 12.3. The third-order valence-electron chi connectivity index (χ3n) is 4.01. The van der Waals surface area contributed by atoms with E-state index in [0.29, 0.717) is 19.0 Å². The number of aliphatic imine (C=N–C) groups is 1. The number of methoxy groups -OCH3 is 1. The van der Waals surface area contributed by atoms with Crippen LogP contribution in [0.4, 0.5) is 13.2 Å². The first-order valence-corrected chi connectivity index (χ1v) is 9.77. The zero-order valence-corrected chi connectivity index (χ0v) is 20.4. The van der Waals surface area contributed by atoms with Gasteiger partial charge < -0.3 is 20.1 Å². The second-order valence-electron chi connectivity index (χ2n) is 6.24. The van der Waals surface area contributed by atoms with E-state index < -0.39 is 12.8 Å². The highest BCUT2D eigenvalue weighted by atomic mass is 127. The van der Waals surface area contributed by atoms with E-state index >= 15 is 0 Å². The number of nitrogens with zero attached hydrogens (tertiary/aromatic N) is 2. The van der Waals surface area contributed by atoms with E-state index in [9.17, 15) is 13.2 Å². The summed E-state index contributed by atoms with van der Waals surface area (Å²) >= 11 is 1.69. The van der Waals surface area contributed by atoms with Crippen molar-refractivity contribution in [2.45, 2.75) is 33.0 Å². The topological polar surface area (TPSA) is 67.8 Å². The molecule has 1 aromatic carbocycles.